The van der Waals surface area contributed by atoms with E-state index in [4.69, 9.17) is 19.6 Å². The molecule has 13 heteroatoms. The van der Waals surface area contributed by atoms with Crippen molar-refractivity contribution in [2.45, 2.75) is 51.0 Å². The summed E-state index contributed by atoms with van der Waals surface area (Å²) in [4.78, 5) is 24.9. The third kappa shape index (κ3) is 8.03. The number of amides is 2. The quantitative estimate of drug-likeness (QED) is 0.220. The maximum atomic E-state index is 13.7. The van der Waals surface area contributed by atoms with Gasteiger partial charge in [0.15, 0.2) is 6.79 Å². The lowest BCUT2D eigenvalue weighted by atomic mass is 10.00. The highest BCUT2D eigenvalue weighted by Gasteiger charge is 2.35. The molecule has 4 unspecified atom stereocenters. The summed E-state index contributed by atoms with van der Waals surface area (Å²) in [6, 6.07) is 16.2. The van der Waals surface area contributed by atoms with Gasteiger partial charge in [-0.3, -0.25) is 13.8 Å². The highest BCUT2D eigenvalue weighted by atomic mass is 32.2. The van der Waals surface area contributed by atoms with Gasteiger partial charge in [0.25, 0.3) is 11.8 Å². The molecule has 238 valence electrons. The van der Waals surface area contributed by atoms with E-state index in [1.165, 1.54) is 0 Å². The lowest BCUT2D eigenvalue weighted by Crippen LogP contribution is -2.46. The minimum atomic E-state index is -3.58. The molecule has 0 saturated carbocycles. The van der Waals surface area contributed by atoms with E-state index in [0.717, 1.165) is 11.8 Å². The Balaban J connectivity index is 1.35. The first kappa shape index (κ1) is 32.0. The van der Waals surface area contributed by atoms with Crippen molar-refractivity contribution in [3.8, 4) is 11.5 Å². The van der Waals surface area contributed by atoms with Crippen LogP contribution in [-0.4, -0.2) is 58.5 Å². The van der Waals surface area contributed by atoms with Gasteiger partial charge in [-0.05, 0) is 61.4 Å². The van der Waals surface area contributed by atoms with Gasteiger partial charge < -0.3 is 35.6 Å². The second-order valence-electron chi connectivity index (χ2n) is 11.0. The highest BCUT2D eigenvalue weighted by molar-refractivity contribution is 7.85. The highest BCUT2D eigenvalue weighted by Crippen LogP contribution is 2.33. The minimum Gasteiger partial charge on any atom is -0.484 e. The smallest absolute Gasteiger partial charge is 0.321 e. The van der Waals surface area contributed by atoms with Crippen molar-refractivity contribution in [2.75, 3.05) is 23.6 Å². The van der Waals surface area contributed by atoms with Gasteiger partial charge in [-0.2, -0.15) is 8.78 Å². The third-order valence-corrected chi connectivity index (χ3v) is 8.91. The normalized spacial score (nSPS) is 18.9. The lowest BCUT2D eigenvalue weighted by molar-refractivity contribution is -0.144. The largest absolute Gasteiger partial charge is 0.484 e. The number of hydrogen-bond acceptors (Lipinski definition) is 8. The van der Waals surface area contributed by atoms with Crippen molar-refractivity contribution in [3.05, 3.63) is 82.9 Å². The number of halogens is 2. The molecule has 1 fully saturated rings. The summed E-state index contributed by atoms with van der Waals surface area (Å²) in [7, 11) is -0.905. The first-order valence-corrected chi connectivity index (χ1v) is 15.8. The fraction of sp³-hybridized carbons (Fsp3) is 0.344. The van der Waals surface area contributed by atoms with Crippen molar-refractivity contribution >= 4 is 40.2 Å². The van der Waals surface area contributed by atoms with E-state index in [9.17, 15) is 22.6 Å². The molecule has 2 amide bonds. The van der Waals surface area contributed by atoms with Crippen LogP contribution in [0.4, 0.5) is 20.2 Å². The van der Waals surface area contributed by atoms with Crippen LogP contribution >= 0.6 is 0 Å². The summed E-state index contributed by atoms with van der Waals surface area (Å²) >= 11 is 0. The zero-order valence-corrected chi connectivity index (χ0v) is 25.5. The number of anilines is 2. The molecule has 3 aromatic rings. The molecule has 4 atom stereocenters. The van der Waals surface area contributed by atoms with Crippen LogP contribution in [-0.2, 0) is 26.9 Å². The molecule has 0 spiro atoms. The number of alkyl halides is 2. The molecule has 2 heterocycles. The number of ether oxygens (including phenoxy) is 3. The van der Waals surface area contributed by atoms with E-state index in [1.54, 1.807) is 67.6 Å². The maximum Gasteiger partial charge on any atom is 0.321 e. The second-order valence-corrected chi connectivity index (χ2v) is 12.7. The molecule has 2 aliphatic heterocycles. The summed E-state index contributed by atoms with van der Waals surface area (Å²) in [6.07, 6.45) is 0.925. The Bertz CT molecular complexity index is 1610. The zero-order valence-electron chi connectivity index (χ0n) is 24.7. The molecule has 5 rings (SSSR count). The standard InChI is InChI=1S/C32H34F2N4O6S/c1-19(36-31(40)32(2,33)34)29(20-6-7-22-16-42-18-43-28(22)14-20)44-26-8-9-27(23(13-26)15-35)37-24-5-3-4-21(12-24)30(39)38-25-10-11-45(41)17-25/h3-9,12-15,19,25,29,35,37H,10-11,16-18H2,1-2H3,(H,36,40)(H,38,39). The molecule has 10 nitrogen and oxygen atoms in total. The Morgan fingerprint density at radius 2 is 1.98 bits per heavy atom. The molecule has 45 heavy (non-hydrogen) atoms. The van der Waals surface area contributed by atoms with Crippen molar-refractivity contribution in [3.63, 3.8) is 0 Å². The Hall–Kier alpha value is -4.36. The molecule has 2 aliphatic rings. The fourth-order valence-electron chi connectivity index (χ4n) is 5.06. The first-order valence-electron chi connectivity index (χ1n) is 14.4. The Kier molecular flexibility index (Phi) is 9.78. The van der Waals surface area contributed by atoms with Crippen molar-refractivity contribution in [2.24, 2.45) is 0 Å². The molecule has 0 radical (unpaired) electrons. The predicted octanol–water partition coefficient (Wildman–Crippen LogP) is 4.83. The average Bonchev–Trinajstić information content (AvgIpc) is 3.43. The van der Waals surface area contributed by atoms with Crippen LogP contribution in [0, 0.1) is 5.41 Å². The number of hydrogen-bond donors (Lipinski definition) is 4. The van der Waals surface area contributed by atoms with Gasteiger partial charge in [-0.1, -0.05) is 18.2 Å². The van der Waals surface area contributed by atoms with Crippen molar-refractivity contribution in [1.82, 2.24) is 10.6 Å². The van der Waals surface area contributed by atoms with Crippen LogP contribution in [0.5, 0.6) is 11.5 Å². The Morgan fingerprint density at radius 3 is 2.71 bits per heavy atom. The molecule has 0 aliphatic carbocycles. The van der Waals surface area contributed by atoms with Gasteiger partial charge in [-0.15, -0.1) is 0 Å². The summed E-state index contributed by atoms with van der Waals surface area (Å²) in [5.41, 5.74) is 3.47. The lowest BCUT2D eigenvalue weighted by Gasteiger charge is -2.29. The maximum absolute atomic E-state index is 13.7. The number of carbonyl (C=O) groups is 2. The summed E-state index contributed by atoms with van der Waals surface area (Å²) in [5.74, 6) is -3.33. The molecule has 4 N–H and O–H groups in total. The predicted molar refractivity (Wildman–Crippen MR) is 166 cm³/mol. The number of nitrogens with one attached hydrogen (secondary N) is 4. The van der Waals surface area contributed by atoms with Crippen molar-refractivity contribution in [1.29, 1.82) is 5.41 Å². The van der Waals surface area contributed by atoms with Crippen LogP contribution in [0.15, 0.2) is 60.7 Å². The number of benzene rings is 3. The average molecular weight is 641 g/mol. The molecule has 0 bridgehead atoms. The van der Waals surface area contributed by atoms with Gasteiger partial charge in [0, 0.05) is 69.6 Å². The van der Waals surface area contributed by atoms with E-state index >= 15 is 0 Å². The monoisotopic (exact) mass is 640 g/mol. The Labute approximate surface area is 261 Å². The number of rotatable bonds is 11. The van der Waals surface area contributed by atoms with Crippen LogP contribution in [0.3, 0.4) is 0 Å². The fourth-order valence-corrected chi connectivity index (χ4v) is 6.47. The molecule has 0 aromatic heterocycles. The molecular formula is C32H34F2N4O6S. The van der Waals surface area contributed by atoms with E-state index in [2.05, 4.69) is 16.0 Å². The van der Waals surface area contributed by atoms with Gasteiger partial charge in [0.05, 0.1) is 12.6 Å². The van der Waals surface area contributed by atoms with E-state index in [0.29, 0.717) is 71.0 Å². The SMILES string of the molecule is CC(NC(=O)C(C)(F)F)C(Oc1ccc(Nc2cccc(C(=O)NC3CCS(=O)C3)c2)c(C=N)c1)c1ccc2c(c1)OCOC2. The van der Waals surface area contributed by atoms with Crippen LogP contribution in [0.2, 0.25) is 0 Å². The van der Waals surface area contributed by atoms with E-state index in [1.807, 2.05) is 0 Å². The summed E-state index contributed by atoms with van der Waals surface area (Å²) in [6.45, 7) is 2.54. The van der Waals surface area contributed by atoms with Crippen molar-refractivity contribution < 1.29 is 36.8 Å². The summed E-state index contributed by atoms with van der Waals surface area (Å²) < 4.78 is 56.3. The molecule has 3 aromatic carbocycles. The molecular weight excluding hydrogens is 606 g/mol. The topological polar surface area (TPSA) is 139 Å². The van der Waals surface area contributed by atoms with Gasteiger partial charge in [-0.25, -0.2) is 0 Å². The van der Waals surface area contributed by atoms with Crippen LogP contribution in [0.25, 0.3) is 0 Å². The van der Waals surface area contributed by atoms with Crippen LogP contribution in [0.1, 0.15) is 53.4 Å². The second kappa shape index (κ2) is 13.7. The first-order chi connectivity index (χ1) is 21.5. The summed E-state index contributed by atoms with van der Waals surface area (Å²) in [5, 5.41) is 16.5. The number of fused-ring (bicyclic) bond motifs is 1. The molecule has 1 saturated heterocycles. The van der Waals surface area contributed by atoms with E-state index in [-0.39, 0.29) is 18.7 Å². The van der Waals surface area contributed by atoms with Gasteiger partial charge in [0.2, 0.25) is 0 Å². The van der Waals surface area contributed by atoms with E-state index < -0.39 is 34.8 Å². The van der Waals surface area contributed by atoms with Crippen LogP contribution < -0.4 is 25.4 Å². The van der Waals surface area contributed by atoms with Gasteiger partial charge >= 0.3 is 5.92 Å². The van der Waals surface area contributed by atoms with Gasteiger partial charge in [0.1, 0.15) is 17.6 Å². The Morgan fingerprint density at radius 1 is 1.16 bits per heavy atom. The minimum absolute atomic E-state index is 0.0731. The number of carbonyl (C=O) groups excluding carboxylic acids is 2. The third-order valence-electron chi connectivity index (χ3n) is 7.45. The zero-order chi connectivity index (χ0) is 32.1.